The maximum atomic E-state index is 12.1. The van der Waals surface area contributed by atoms with Crippen molar-refractivity contribution in [2.24, 2.45) is 0 Å². The molecule has 6 heteroatoms. The van der Waals surface area contributed by atoms with Gasteiger partial charge in [-0.05, 0) is 38.1 Å². The first-order valence-corrected chi connectivity index (χ1v) is 5.92. The van der Waals surface area contributed by atoms with Crippen molar-refractivity contribution in [2.45, 2.75) is 13.8 Å². The lowest BCUT2D eigenvalue weighted by Crippen LogP contribution is -2.14. The van der Waals surface area contributed by atoms with Gasteiger partial charge in [0.2, 0.25) is 0 Å². The monoisotopic (exact) mass is 271 g/mol. The number of rotatable bonds is 3. The van der Waals surface area contributed by atoms with Crippen molar-refractivity contribution in [1.82, 2.24) is 9.97 Å². The van der Waals surface area contributed by atoms with Crippen LogP contribution < -0.4 is 5.32 Å². The third-order valence-corrected chi connectivity index (χ3v) is 2.71. The van der Waals surface area contributed by atoms with Crippen LogP contribution in [0.4, 0.5) is 5.69 Å². The lowest BCUT2D eigenvalue weighted by atomic mass is 10.1. The summed E-state index contributed by atoms with van der Waals surface area (Å²) in [4.78, 5) is 30.7. The topological polar surface area (TPSA) is 92.2 Å². The number of carbonyl (C=O) groups excluding carboxylic acids is 1. The van der Waals surface area contributed by atoms with Crippen molar-refractivity contribution in [3.8, 4) is 0 Å². The van der Waals surface area contributed by atoms with Crippen molar-refractivity contribution < 1.29 is 14.7 Å². The largest absolute Gasteiger partial charge is 0.477 e. The lowest BCUT2D eigenvalue weighted by molar-refractivity contribution is 0.0690. The van der Waals surface area contributed by atoms with Crippen LogP contribution in [0.2, 0.25) is 0 Å². The Labute approximate surface area is 115 Å². The lowest BCUT2D eigenvalue weighted by Gasteiger charge is -2.07. The molecule has 0 aliphatic rings. The quantitative estimate of drug-likeness (QED) is 0.891. The van der Waals surface area contributed by atoms with E-state index < -0.39 is 5.97 Å². The molecule has 0 saturated carbocycles. The number of hydrogen-bond acceptors (Lipinski definition) is 4. The number of carboxylic acids is 1. The van der Waals surface area contributed by atoms with E-state index >= 15 is 0 Å². The highest BCUT2D eigenvalue weighted by Crippen LogP contribution is 2.11. The van der Waals surface area contributed by atoms with Gasteiger partial charge in [-0.25, -0.2) is 9.78 Å². The number of aryl methyl sites for hydroxylation is 2. The van der Waals surface area contributed by atoms with Gasteiger partial charge in [0.15, 0.2) is 0 Å². The van der Waals surface area contributed by atoms with Gasteiger partial charge >= 0.3 is 5.97 Å². The Morgan fingerprint density at radius 3 is 2.45 bits per heavy atom. The first kappa shape index (κ1) is 13.7. The summed E-state index contributed by atoms with van der Waals surface area (Å²) in [6.07, 6.45) is 1.30. The molecule has 1 amide bonds. The summed E-state index contributed by atoms with van der Waals surface area (Å²) in [5.74, 6) is -1.42. The number of amides is 1. The van der Waals surface area contributed by atoms with Crippen molar-refractivity contribution >= 4 is 17.6 Å². The summed E-state index contributed by atoms with van der Waals surface area (Å²) >= 11 is 0. The second-order valence-electron chi connectivity index (χ2n) is 4.28. The maximum Gasteiger partial charge on any atom is 0.354 e. The summed E-state index contributed by atoms with van der Waals surface area (Å²) in [6.45, 7) is 3.61. The molecule has 0 fully saturated rings. The number of aromatic nitrogens is 2. The van der Waals surface area contributed by atoms with Crippen LogP contribution in [0.25, 0.3) is 0 Å². The van der Waals surface area contributed by atoms with Gasteiger partial charge in [-0.1, -0.05) is 0 Å². The summed E-state index contributed by atoms with van der Waals surface area (Å²) in [7, 11) is 0. The Hall–Kier alpha value is -2.76. The second-order valence-corrected chi connectivity index (χ2v) is 4.28. The van der Waals surface area contributed by atoms with E-state index in [1.165, 1.54) is 18.3 Å². The molecule has 0 aliphatic heterocycles. The standard InChI is InChI=1S/C14H13N3O3/c1-8-3-5-11(9(2)16-8)13(18)17-10-4-6-12(14(19)20)15-7-10/h3-7H,1-2H3,(H,17,18)(H,19,20). The molecule has 2 rings (SSSR count). The molecule has 0 aromatic carbocycles. The van der Waals surface area contributed by atoms with Gasteiger partial charge in [0.25, 0.3) is 5.91 Å². The highest BCUT2D eigenvalue weighted by atomic mass is 16.4. The number of anilines is 1. The third kappa shape index (κ3) is 2.97. The van der Waals surface area contributed by atoms with E-state index in [1.807, 2.05) is 6.92 Å². The SMILES string of the molecule is Cc1ccc(C(=O)Nc2ccc(C(=O)O)nc2)c(C)n1. The van der Waals surface area contributed by atoms with Gasteiger partial charge in [0, 0.05) is 5.69 Å². The van der Waals surface area contributed by atoms with E-state index in [4.69, 9.17) is 5.11 Å². The zero-order valence-electron chi connectivity index (χ0n) is 11.0. The molecule has 0 spiro atoms. The van der Waals surface area contributed by atoms with E-state index in [2.05, 4.69) is 15.3 Å². The summed E-state index contributed by atoms with van der Waals surface area (Å²) in [6, 6.07) is 6.28. The molecular weight excluding hydrogens is 258 g/mol. The molecular formula is C14H13N3O3. The number of hydrogen-bond donors (Lipinski definition) is 2. The van der Waals surface area contributed by atoms with E-state index in [9.17, 15) is 9.59 Å². The molecule has 0 bridgehead atoms. The molecule has 0 atom stereocenters. The fraction of sp³-hybridized carbons (Fsp3) is 0.143. The third-order valence-electron chi connectivity index (χ3n) is 2.71. The van der Waals surface area contributed by atoms with Crippen LogP contribution in [0.3, 0.4) is 0 Å². The van der Waals surface area contributed by atoms with Crippen molar-refractivity contribution in [2.75, 3.05) is 5.32 Å². The van der Waals surface area contributed by atoms with Gasteiger partial charge in [-0.15, -0.1) is 0 Å². The number of carboxylic acid groups (broad SMARTS) is 1. The molecule has 2 N–H and O–H groups in total. The minimum atomic E-state index is -1.11. The number of pyridine rings is 2. The van der Waals surface area contributed by atoms with Crippen LogP contribution >= 0.6 is 0 Å². The maximum absolute atomic E-state index is 12.1. The van der Waals surface area contributed by atoms with Crippen molar-refractivity contribution in [1.29, 1.82) is 0 Å². The van der Waals surface area contributed by atoms with Gasteiger partial charge in [0.05, 0.1) is 23.1 Å². The van der Waals surface area contributed by atoms with Crippen LogP contribution in [0.1, 0.15) is 32.2 Å². The van der Waals surface area contributed by atoms with E-state index in [0.29, 0.717) is 16.9 Å². The van der Waals surface area contributed by atoms with Crippen molar-refractivity contribution in [3.63, 3.8) is 0 Å². The van der Waals surface area contributed by atoms with Crippen LogP contribution in [0.5, 0.6) is 0 Å². The fourth-order valence-electron chi connectivity index (χ4n) is 1.72. The predicted octanol–water partition coefficient (Wildman–Crippen LogP) is 2.04. The first-order chi connectivity index (χ1) is 9.47. The molecule has 2 aromatic rings. The Bertz CT molecular complexity index is 666. The van der Waals surface area contributed by atoms with Crippen LogP contribution in [0, 0.1) is 13.8 Å². The highest BCUT2D eigenvalue weighted by Gasteiger charge is 2.11. The van der Waals surface area contributed by atoms with Gasteiger partial charge in [0.1, 0.15) is 5.69 Å². The smallest absolute Gasteiger partial charge is 0.354 e. The molecule has 20 heavy (non-hydrogen) atoms. The van der Waals surface area contributed by atoms with Crippen LogP contribution in [-0.4, -0.2) is 27.0 Å². The Kier molecular flexibility index (Phi) is 3.74. The average Bonchev–Trinajstić information content (AvgIpc) is 2.39. The van der Waals surface area contributed by atoms with Gasteiger partial charge in [-0.2, -0.15) is 0 Å². The minimum Gasteiger partial charge on any atom is -0.477 e. The van der Waals surface area contributed by atoms with E-state index in [-0.39, 0.29) is 11.6 Å². The Morgan fingerprint density at radius 2 is 1.90 bits per heavy atom. The number of nitrogens with zero attached hydrogens (tertiary/aromatic N) is 2. The Balaban J connectivity index is 2.17. The molecule has 2 heterocycles. The summed E-state index contributed by atoms with van der Waals surface area (Å²) < 4.78 is 0. The molecule has 102 valence electrons. The highest BCUT2D eigenvalue weighted by molar-refractivity contribution is 6.05. The zero-order valence-corrected chi connectivity index (χ0v) is 11.0. The number of nitrogens with one attached hydrogen (secondary N) is 1. The summed E-state index contributed by atoms with van der Waals surface area (Å²) in [5.41, 5.74) is 2.30. The number of aromatic carboxylic acids is 1. The summed E-state index contributed by atoms with van der Waals surface area (Å²) in [5, 5.41) is 11.4. The molecule has 6 nitrogen and oxygen atoms in total. The molecule has 0 aliphatic carbocycles. The Morgan fingerprint density at radius 1 is 1.15 bits per heavy atom. The molecule has 0 unspecified atom stereocenters. The predicted molar refractivity (Wildman–Crippen MR) is 72.9 cm³/mol. The second kappa shape index (κ2) is 5.48. The fourth-order valence-corrected chi connectivity index (χ4v) is 1.72. The van der Waals surface area contributed by atoms with Crippen molar-refractivity contribution in [3.05, 3.63) is 53.1 Å². The molecule has 0 radical (unpaired) electrons. The zero-order chi connectivity index (χ0) is 14.7. The normalized spacial score (nSPS) is 10.1. The van der Waals surface area contributed by atoms with Gasteiger partial charge in [-0.3, -0.25) is 9.78 Å². The molecule has 2 aromatic heterocycles. The average molecular weight is 271 g/mol. The molecule has 0 saturated heterocycles. The van der Waals surface area contributed by atoms with Crippen LogP contribution in [0.15, 0.2) is 30.5 Å². The van der Waals surface area contributed by atoms with E-state index in [1.54, 1.807) is 19.1 Å². The van der Waals surface area contributed by atoms with Crippen LogP contribution in [-0.2, 0) is 0 Å². The minimum absolute atomic E-state index is 0.0730. The number of carbonyl (C=O) groups is 2. The first-order valence-electron chi connectivity index (χ1n) is 5.92. The van der Waals surface area contributed by atoms with E-state index in [0.717, 1.165) is 5.69 Å². The van der Waals surface area contributed by atoms with Gasteiger partial charge < -0.3 is 10.4 Å².